The summed E-state index contributed by atoms with van der Waals surface area (Å²) in [5.41, 5.74) is 4.49. The number of Topliss-reactive ketones (excluding diaryl/α,β-unsaturated/α-hetero) is 1. The molecule has 1 aromatic heterocycles. The van der Waals surface area contributed by atoms with Gasteiger partial charge in [0.2, 0.25) is 0 Å². The molecule has 35 heavy (non-hydrogen) atoms. The quantitative estimate of drug-likeness (QED) is 0.250. The highest BCUT2D eigenvalue weighted by Crippen LogP contribution is 2.46. The number of aromatic amines is 1. The van der Waals surface area contributed by atoms with E-state index in [0.29, 0.717) is 40.5 Å². The first-order chi connectivity index (χ1) is 16.9. The van der Waals surface area contributed by atoms with Gasteiger partial charge in [-0.3, -0.25) is 9.59 Å². The lowest BCUT2D eigenvalue weighted by atomic mass is 9.95. The number of alkyl halides is 1. The Morgan fingerprint density at radius 2 is 1.97 bits per heavy atom. The molecule has 0 unspecified atom stereocenters. The fourth-order valence-corrected chi connectivity index (χ4v) is 5.44. The van der Waals surface area contributed by atoms with Gasteiger partial charge in [-0.15, -0.1) is 11.6 Å². The number of phenolic OH excluding ortho intramolecular Hbond substituents is 1. The van der Waals surface area contributed by atoms with Gasteiger partial charge in [0.1, 0.15) is 17.2 Å². The van der Waals surface area contributed by atoms with Crippen LogP contribution in [0.4, 0.5) is 5.69 Å². The number of benzene rings is 3. The molecular formula is C28H27ClN2O4. The SMILES string of the molecule is CCCc1cc2[nH]c(C(=O)N3C[C@@H](CCl)c4c3cc(O)c3ccc(OC)cc43)cc2cc1C(C)=O. The Morgan fingerprint density at radius 3 is 2.66 bits per heavy atom. The third-order valence-electron chi connectivity index (χ3n) is 6.85. The van der Waals surface area contributed by atoms with Crippen molar-refractivity contribution in [2.75, 3.05) is 24.4 Å². The number of ketones is 1. The van der Waals surface area contributed by atoms with Crippen LogP contribution in [0.1, 0.15) is 58.2 Å². The van der Waals surface area contributed by atoms with E-state index in [1.165, 1.54) is 0 Å². The molecule has 3 aromatic carbocycles. The summed E-state index contributed by atoms with van der Waals surface area (Å²) >= 11 is 6.35. The van der Waals surface area contributed by atoms with Gasteiger partial charge in [0, 0.05) is 46.3 Å². The van der Waals surface area contributed by atoms with E-state index in [1.807, 2.05) is 24.3 Å². The Balaban J connectivity index is 1.61. The van der Waals surface area contributed by atoms with Crippen molar-refractivity contribution in [3.05, 3.63) is 64.8 Å². The molecule has 1 amide bonds. The van der Waals surface area contributed by atoms with E-state index < -0.39 is 0 Å². The number of aromatic nitrogens is 1. The summed E-state index contributed by atoms with van der Waals surface area (Å²) < 4.78 is 5.40. The van der Waals surface area contributed by atoms with Crippen molar-refractivity contribution < 1.29 is 19.4 Å². The van der Waals surface area contributed by atoms with E-state index in [-0.39, 0.29) is 23.4 Å². The second kappa shape index (κ2) is 8.93. The Kier molecular flexibility index (Phi) is 5.93. The number of ether oxygens (including phenoxy) is 1. The summed E-state index contributed by atoms with van der Waals surface area (Å²) in [4.78, 5) is 30.8. The lowest BCUT2D eigenvalue weighted by Crippen LogP contribution is -2.30. The zero-order valence-corrected chi connectivity index (χ0v) is 20.7. The Morgan fingerprint density at radius 1 is 1.17 bits per heavy atom. The van der Waals surface area contributed by atoms with Crippen LogP contribution in [0.2, 0.25) is 0 Å². The molecule has 4 aromatic rings. The van der Waals surface area contributed by atoms with Crippen molar-refractivity contribution in [1.29, 1.82) is 0 Å². The predicted octanol–water partition coefficient (Wildman–Crippen LogP) is 6.17. The third-order valence-corrected chi connectivity index (χ3v) is 7.22. The number of hydrogen-bond donors (Lipinski definition) is 2. The lowest BCUT2D eigenvalue weighted by molar-refractivity contribution is 0.0982. The number of amides is 1. The number of methoxy groups -OCH3 is 1. The van der Waals surface area contributed by atoms with E-state index >= 15 is 0 Å². The van der Waals surface area contributed by atoms with E-state index in [4.69, 9.17) is 16.3 Å². The standard InChI is InChI=1S/C28H27ClN2O4/c1-4-5-16-9-23-17(8-21(16)15(2)32)10-24(30-23)28(34)31-14-18(13-29)27-22-11-19(35-3)6-7-20(22)26(33)12-25(27)31/h6-12,18,30,33H,4-5,13-14H2,1-3H3/t18-/m1/s1. The first kappa shape index (κ1) is 23.2. The van der Waals surface area contributed by atoms with Gasteiger partial charge >= 0.3 is 0 Å². The van der Waals surface area contributed by atoms with Crippen LogP contribution in [-0.2, 0) is 6.42 Å². The van der Waals surface area contributed by atoms with Gasteiger partial charge in [-0.05, 0) is 66.3 Å². The number of nitrogens with zero attached hydrogens (tertiary/aromatic N) is 1. The average Bonchev–Trinajstić information content (AvgIpc) is 3.44. The highest BCUT2D eigenvalue weighted by atomic mass is 35.5. The number of H-pyrrole nitrogens is 1. The maximum atomic E-state index is 13.7. The molecule has 6 nitrogen and oxygen atoms in total. The summed E-state index contributed by atoms with van der Waals surface area (Å²) in [6, 6.07) is 12.8. The smallest absolute Gasteiger partial charge is 0.274 e. The number of rotatable bonds is 6. The number of fused-ring (bicyclic) bond motifs is 4. The minimum absolute atomic E-state index is 0.0145. The first-order valence-electron chi connectivity index (χ1n) is 11.7. The molecule has 0 bridgehead atoms. The van der Waals surface area contributed by atoms with Crippen molar-refractivity contribution in [3.63, 3.8) is 0 Å². The highest BCUT2D eigenvalue weighted by molar-refractivity contribution is 6.19. The minimum Gasteiger partial charge on any atom is -0.507 e. The molecule has 0 saturated carbocycles. The van der Waals surface area contributed by atoms with Crippen LogP contribution in [0.3, 0.4) is 0 Å². The second-order valence-corrected chi connectivity index (χ2v) is 9.40. The number of hydrogen-bond acceptors (Lipinski definition) is 4. The normalized spacial score (nSPS) is 15.1. The van der Waals surface area contributed by atoms with Gasteiger partial charge in [-0.25, -0.2) is 0 Å². The first-order valence-corrected chi connectivity index (χ1v) is 12.3. The molecule has 0 fully saturated rings. The van der Waals surface area contributed by atoms with Crippen molar-refractivity contribution >= 4 is 50.7 Å². The molecule has 5 rings (SSSR count). The summed E-state index contributed by atoms with van der Waals surface area (Å²) in [5.74, 6) is 0.821. The van der Waals surface area contributed by atoms with Gasteiger partial charge in [0.05, 0.1) is 12.8 Å². The maximum Gasteiger partial charge on any atom is 0.274 e. The molecule has 2 N–H and O–H groups in total. The Bertz CT molecular complexity index is 1490. The molecule has 1 aliphatic rings. The largest absolute Gasteiger partial charge is 0.507 e. The highest BCUT2D eigenvalue weighted by Gasteiger charge is 2.35. The van der Waals surface area contributed by atoms with Crippen molar-refractivity contribution in [2.45, 2.75) is 32.6 Å². The van der Waals surface area contributed by atoms with Gasteiger partial charge in [-0.2, -0.15) is 0 Å². The molecule has 1 aliphatic heterocycles. The third kappa shape index (κ3) is 3.82. The Labute approximate surface area is 208 Å². The van der Waals surface area contributed by atoms with Gasteiger partial charge < -0.3 is 19.7 Å². The van der Waals surface area contributed by atoms with Gasteiger partial charge in [0.25, 0.3) is 5.91 Å². The maximum absolute atomic E-state index is 13.7. The topological polar surface area (TPSA) is 82.6 Å². The van der Waals surface area contributed by atoms with E-state index in [1.54, 1.807) is 37.1 Å². The number of phenols is 1. The number of halogens is 1. The zero-order chi connectivity index (χ0) is 24.9. The van der Waals surface area contributed by atoms with Gasteiger partial charge in [0.15, 0.2) is 5.78 Å². The van der Waals surface area contributed by atoms with Crippen LogP contribution >= 0.6 is 11.6 Å². The molecule has 0 aliphatic carbocycles. The number of anilines is 1. The average molecular weight is 491 g/mol. The number of aromatic hydroxyl groups is 1. The summed E-state index contributed by atoms with van der Waals surface area (Å²) in [5, 5.41) is 13.1. The number of carbonyl (C=O) groups excluding carboxylic acids is 2. The molecule has 180 valence electrons. The second-order valence-electron chi connectivity index (χ2n) is 9.09. The molecule has 2 heterocycles. The summed E-state index contributed by atoms with van der Waals surface area (Å²) in [6.45, 7) is 4.05. The summed E-state index contributed by atoms with van der Waals surface area (Å²) in [7, 11) is 1.60. The van der Waals surface area contributed by atoms with Crippen LogP contribution in [0.15, 0.2) is 42.5 Å². The predicted molar refractivity (Wildman–Crippen MR) is 140 cm³/mol. The molecule has 0 radical (unpaired) electrons. The molecule has 1 atom stereocenters. The van der Waals surface area contributed by atoms with Crippen molar-refractivity contribution in [2.24, 2.45) is 0 Å². The number of carbonyl (C=O) groups is 2. The van der Waals surface area contributed by atoms with Crippen LogP contribution in [-0.4, -0.2) is 41.3 Å². The number of nitrogens with one attached hydrogen (secondary N) is 1. The fourth-order valence-electron chi connectivity index (χ4n) is 5.19. The van der Waals surface area contributed by atoms with E-state index in [0.717, 1.165) is 40.3 Å². The van der Waals surface area contributed by atoms with Crippen molar-refractivity contribution in [1.82, 2.24) is 4.98 Å². The van der Waals surface area contributed by atoms with Crippen molar-refractivity contribution in [3.8, 4) is 11.5 Å². The molecular weight excluding hydrogens is 464 g/mol. The van der Waals surface area contributed by atoms with Crippen LogP contribution < -0.4 is 9.64 Å². The molecule has 7 heteroatoms. The van der Waals surface area contributed by atoms with E-state index in [9.17, 15) is 14.7 Å². The summed E-state index contributed by atoms with van der Waals surface area (Å²) in [6.07, 6.45) is 1.71. The Hall–Kier alpha value is -3.51. The lowest BCUT2D eigenvalue weighted by Gasteiger charge is -2.17. The molecule has 0 saturated heterocycles. The zero-order valence-electron chi connectivity index (χ0n) is 19.9. The minimum atomic E-state index is -0.210. The molecule has 0 spiro atoms. The van der Waals surface area contributed by atoms with Crippen LogP contribution in [0.5, 0.6) is 11.5 Å². The van der Waals surface area contributed by atoms with Crippen LogP contribution in [0, 0.1) is 0 Å². The monoisotopic (exact) mass is 490 g/mol. The fraction of sp³-hybridized carbons (Fsp3) is 0.286. The van der Waals surface area contributed by atoms with Crippen LogP contribution in [0.25, 0.3) is 21.7 Å². The number of aryl methyl sites for hydroxylation is 1. The van der Waals surface area contributed by atoms with Gasteiger partial charge in [-0.1, -0.05) is 13.3 Å². The van der Waals surface area contributed by atoms with E-state index in [2.05, 4.69) is 11.9 Å².